The number of rotatable bonds is 6. The summed E-state index contributed by atoms with van der Waals surface area (Å²) in [4.78, 5) is 21.5. The molecule has 2 aromatic rings. The average Bonchev–Trinajstić information content (AvgIpc) is 2.73. The number of hydrogen-bond acceptors (Lipinski definition) is 4. The number of nitrogens with zero attached hydrogens (tertiary/aromatic N) is 1. The summed E-state index contributed by atoms with van der Waals surface area (Å²) in [7, 11) is 2.18. The first-order chi connectivity index (χ1) is 14.3. The summed E-state index contributed by atoms with van der Waals surface area (Å²) < 4.78 is 6.18. The van der Waals surface area contributed by atoms with Crippen LogP contribution in [-0.2, 0) is 20.9 Å². The first-order valence-electron chi connectivity index (χ1n) is 9.94. The Hall–Kier alpha value is -2.96. The third-order valence-corrected chi connectivity index (χ3v) is 4.89. The molecule has 0 saturated carbocycles. The minimum atomic E-state index is -1.26. The Kier molecular flexibility index (Phi) is 9.25. The molecule has 1 aliphatic rings. The maximum Gasteiger partial charge on any atom is 0.328 e. The first kappa shape index (κ1) is 23.3. The van der Waals surface area contributed by atoms with Gasteiger partial charge in [0.05, 0.1) is 12.7 Å². The van der Waals surface area contributed by atoms with E-state index in [9.17, 15) is 9.59 Å². The van der Waals surface area contributed by atoms with Gasteiger partial charge in [0.2, 0.25) is 0 Å². The van der Waals surface area contributed by atoms with Crippen LogP contribution in [0, 0.1) is 6.92 Å². The standard InChI is InChI=1S/C20H25NO.C4H4O4/c1-16-7-9-17(10-8-16)20-6-4-3-5-18(20)15-22-19-11-13-21(2)14-12-19;5-3(6)1-2-4(7)8/h3-10,19H,11-15H2,1-2H3;1-2H,(H,5,6)(H,7,8). The van der Waals surface area contributed by atoms with Gasteiger partial charge in [0, 0.05) is 25.2 Å². The van der Waals surface area contributed by atoms with Gasteiger partial charge in [-0.2, -0.15) is 0 Å². The van der Waals surface area contributed by atoms with Crippen LogP contribution in [0.1, 0.15) is 24.0 Å². The lowest BCUT2D eigenvalue weighted by molar-refractivity contribution is -0.134. The van der Waals surface area contributed by atoms with Gasteiger partial charge >= 0.3 is 11.9 Å². The van der Waals surface area contributed by atoms with E-state index >= 15 is 0 Å². The van der Waals surface area contributed by atoms with Crippen LogP contribution >= 0.6 is 0 Å². The van der Waals surface area contributed by atoms with E-state index < -0.39 is 11.9 Å². The molecule has 3 rings (SSSR count). The van der Waals surface area contributed by atoms with Crippen molar-refractivity contribution in [3.63, 3.8) is 0 Å². The molecule has 1 heterocycles. The van der Waals surface area contributed by atoms with Crippen LogP contribution in [0.5, 0.6) is 0 Å². The fourth-order valence-corrected chi connectivity index (χ4v) is 3.16. The Morgan fingerprint density at radius 3 is 2.13 bits per heavy atom. The van der Waals surface area contributed by atoms with Crippen molar-refractivity contribution in [2.45, 2.75) is 32.5 Å². The van der Waals surface area contributed by atoms with Crippen LogP contribution in [0.4, 0.5) is 0 Å². The summed E-state index contributed by atoms with van der Waals surface area (Å²) in [6.07, 6.45) is 3.80. The van der Waals surface area contributed by atoms with E-state index in [1.165, 1.54) is 22.3 Å². The SMILES string of the molecule is Cc1ccc(-c2ccccc2COC2CCN(C)CC2)cc1.O=C(O)C=CC(=O)O. The normalized spacial score (nSPS) is 14.9. The van der Waals surface area contributed by atoms with Crippen molar-refractivity contribution < 1.29 is 24.5 Å². The number of carboxylic acids is 2. The number of likely N-dealkylation sites (tertiary alicyclic amines) is 1. The van der Waals surface area contributed by atoms with Gasteiger partial charge in [-0.3, -0.25) is 0 Å². The fraction of sp³-hybridized carbons (Fsp3) is 0.333. The van der Waals surface area contributed by atoms with E-state index in [-0.39, 0.29) is 0 Å². The molecule has 0 aromatic heterocycles. The van der Waals surface area contributed by atoms with E-state index in [2.05, 4.69) is 67.4 Å². The van der Waals surface area contributed by atoms with Gasteiger partial charge < -0.3 is 19.8 Å². The van der Waals surface area contributed by atoms with Crippen molar-refractivity contribution in [1.29, 1.82) is 0 Å². The number of ether oxygens (including phenoxy) is 1. The van der Waals surface area contributed by atoms with Crippen LogP contribution in [0.25, 0.3) is 11.1 Å². The maximum atomic E-state index is 9.55. The third kappa shape index (κ3) is 8.19. The molecule has 0 atom stereocenters. The molecule has 0 bridgehead atoms. The van der Waals surface area contributed by atoms with Crippen LogP contribution < -0.4 is 0 Å². The molecular weight excluding hydrogens is 382 g/mol. The molecule has 2 N–H and O–H groups in total. The number of aliphatic carboxylic acids is 2. The van der Waals surface area contributed by atoms with Crippen LogP contribution in [-0.4, -0.2) is 53.3 Å². The second-order valence-electron chi connectivity index (χ2n) is 7.35. The number of hydrogen-bond donors (Lipinski definition) is 2. The predicted octanol–water partition coefficient (Wildman–Crippen LogP) is 3.98. The molecule has 0 radical (unpaired) electrons. The predicted molar refractivity (Wildman–Crippen MR) is 116 cm³/mol. The molecule has 0 unspecified atom stereocenters. The molecule has 0 amide bonds. The lowest BCUT2D eigenvalue weighted by Crippen LogP contribution is -2.34. The van der Waals surface area contributed by atoms with E-state index in [1.54, 1.807) is 0 Å². The Morgan fingerprint density at radius 1 is 1.00 bits per heavy atom. The summed E-state index contributed by atoms with van der Waals surface area (Å²) in [6.45, 7) is 5.12. The van der Waals surface area contributed by atoms with E-state index in [0.29, 0.717) is 24.9 Å². The molecular formula is C24H29NO5. The van der Waals surface area contributed by atoms with Crippen molar-refractivity contribution >= 4 is 11.9 Å². The van der Waals surface area contributed by atoms with Gasteiger partial charge in [0.15, 0.2) is 0 Å². The highest BCUT2D eigenvalue weighted by Gasteiger charge is 2.17. The van der Waals surface area contributed by atoms with Crippen LogP contribution in [0.15, 0.2) is 60.7 Å². The lowest BCUT2D eigenvalue weighted by atomic mass is 9.99. The quantitative estimate of drug-likeness (QED) is 0.699. The fourth-order valence-electron chi connectivity index (χ4n) is 3.16. The van der Waals surface area contributed by atoms with Gasteiger partial charge in [-0.25, -0.2) is 9.59 Å². The summed E-state index contributed by atoms with van der Waals surface area (Å²) in [5.74, 6) is -2.51. The summed E-state index contributed by atoms with van der Waals surface area (Å²) in [5, 5.41) is 15.6. The highest BCUT2D eigenvalue weighted by Crippen LogP contribution is 2.25. The molecule has 160 valence electrons. The zero-order valence-electron chi connectivity index (χ0n) is 17.5. The van der Waals surface area contributed by atoms with E-state index in [0.717, 1.165) is 25.9 Å². The van der Waals surface area contributed by atoms with Gasteiger partial charge in [0.1, 0.15) is 0 Å². The van der Waals surface area contributed by atoms with Gasteiger partial charge in [-0.15, -0.1) is 0 Å². The zero-order valence-corrected chi connectivity index (χ0v) is 17.5. The first-order valence-corrected chi connectivity index (χ1v) is 9.94. The van der Waals surface area contributed by atoms with Crippen molar-refractivity contribution in [1.82, 2.24) is 4.90 Å². The topological polar surface area (TPSA) is 87.1 Å². The highest BCUT2D eigenvalue weighted by molar-refractivity contribution is 5.89. The highest BCUT2D eigenvalue weighted by atomic mass is 16.5. The second kappa shape index (κ2) is 11.9. The number of carbonyl (C=O) groups is 2. The Labute approximate surface area is 177 Å². The third-order valence-electron chi connectivity index (χ3n) is 4.89. The van der Waals surface area contributed by atoms with Gasteiger partial charge in [-0.1, -0.05) is 54.1 Å². The molecule has 6 heteroatoms. The molecule has 1 aliphatic heterocycles. The maximum absolute atomic E-state index is 9.55. The molecule has 0 spiro atoms. The summed E-state index contributed by atoms with van der Waals surface area (Å²) in [6, 6.07) is 17.3. The Bertz CT molecular complexity index is 836. The number of benzene rings is 2. The number of piperidine rings is 1. The van der Waals surface area contributed by atoms with Crippen LogP contribution in [0.2, 0.25) is 0 Å². The van der Waals surface area contributed by atoms with Crippen LogP contribution in [0.3, 0.4) is 0 Å². The molecule has 1 fully saturated rings. The second-order valence-corrected chi connectivity index (χ2v) is 7.35. The van der Waals surface area contributed by atoms with Crippen molar-refractivity contribution in [2.75, 3.05) is 20.1 Å². The molecule has 1 saturated heterocycles. The van der Waals surface area contributed by atoms with Gasteiger partial charge in [0.25, 0.3) is 0 Å². The average molecular weight is 411 g/mol. The molecule has 30 heavy (non-hydrogen) atoms. The summed E-state index contributed by atoms with van der Waals surface area (Å²) in [5.41, 5.74) is 5.14. The Morgan fingerprint density at radius 2 is 1.57 bits per heavy atom. The van der Waals surface area contributed by atoms with Crippen molar-refractivity contribution in [2.24, 2.45) is 0 Å². The van der Waals surface area contributed by atoms with Crippen molar-refractivity contribution in [3.05, 3.63) is 71.8 Å². The van der Waals surface area contributed by atoms with E-state index in [1.807, 2.05) is 0 Å². The molecule has 0 aliphatic carbocycles. The number of carboxylic acid groups (broad SMARTS) is 2. The van der Waals surface area contributed by atoms with Gasteiger partial charge in [-0.05, 0) is 43.5 Å². The number of aryl methyl sites for hydroxylation is 1. The van der Waals surface area contributed by atoms with E-state index in [4.69, 9.17) is 14.9 Å². The van der Waals surface area contributed by atoms with Crippen molar-refractivity contribution in [3.8, 4) is 11.1 Å². The smallest absolute Gasteiger partial charge is 0.328 e. The zero-order chi connectivity index (χ0) is 21.9. The molecule has 2 aromatic carbocycles. The largest absolute Gasteiger partial charge is 0.478 e. The Balaban J connectivity index is 0.000000343. The lowest BCUT2D eigenvalue weighted by Gasteiger charge is -2.29. The summed E-state index contributed by atoms with van der Waals surface area (Å²) >= 11 is 0. The monoisotopic (exact) mass is 411 g/mol. The minimum absolute atomic E-state index is 0.405. The minimum Gasteiger partial charge on any atom is -0.478 e. The molecule has 6 nitrogen and oxygen atoms in total.